The molecule has 0 aliphatic heterocycles. The van der Waals surface area contributed by atoms with Crippen LogP contribution in [0, 0.1) is 5.92 Å². The van der Waals surface area contributed by atoms with Crippen molar-refractivity contribution >= 4 is 17.8 Å². The summed E-state index contributed by atoms with van der Waals surface area (Å²) >= 11 is 0. The van der Waals surface area contributed by atoms with Gasteiger partial charge in [-0.15, -0.1) is 0 Å². The Balaban J connectivity index is 2.70. The van der Waals surface area contributed by atoms with Crippen molar-refractivity contribution in [1.29, 1.82) is 0 Å². The van der Waals surface area contributed by atoms with E-state index in [-0.39, 0.29) is 0 Å². The van der Waals surface area contributed by atoms with Crippen molar-refractivity contribution in [3.63, 3.8) is 0 Å². The van der Waals surface area contributed by atoms with E-state index in [1.807, 2.05) is 6.92 Å². The van der Waals surface area contributed by atoms with Gasteiger partial charge in [-0.2, -0.15) is 0 Å². The molecule has 1 aliphatic rings. The number of nitrogens with two attached hydrogens (primary N) is 2. The molecule has 3 atom stereocenters. The van der Waals surface area contributed by atoms with Crippen LogP contribution in [-0.4, -0.2) is 34.5 Å². The van der Waals surface area contributed by atoms with E-state index in [2.05, 4.69) is 5.32 Å². The molecule has 3 unspecified atom stereocenters. The van der Waals surface area contributed by atoms with Crippen LogP contribution in [0.2, 0.25) is 0 Å². The molecule has 1 rings (SSSR count). The first kappa shape index (κ1) is 15.4. The highest BCUT2D eigenvalue weighted by Gasteiger charge is 2.39. The van der Waals surface area contributed by atoms with E-state index in [1.165, 1.54) is 0 Å². The summed E-state index contributed by atoms with van der Waals surface area (Å²) in [6, 6.07) is -1.32. The maximum atomic E-state index is 12.1. The lowest BCUT2D eigenvalue weighted by molar-refractivity contribution is -0.144. The summed E-state index contributed by atoms with van der Waals surface area (Å²) in [4.78, 5) is 33.8. The van der Waals surface area contributed by atoms with Crippen LogP contribution in [0.25, 0.3) is 0 Å². The number of hydrogen-bond donors (Lipinski definition) is 4. The fourth-order valence-corrected chi connectivity index (χ4v) is 2.50. The number of aliphatic carboxylic acids is 1. The zero-order chi connectivity index (χ0) is 14.6. The third-order valence-corrected chi connectivity index (χ3v) is 3.49. The standard InChI is InChI=1S/C12H21N3O4/c1-7-3-2-4-12(14,6-7)11(19)15-8(10(17)18)5-9(13)16/h7-8H,2-6,14H2,1H3,(H2,13,16)(H,15,19)(H,17,18). The van der Waals surface area contributed by atoms with Crippen LogP contribution in [0.5, 0.6) is 0 Å². The average Bonchev–Trinajstić information content (AvgIpc) is 2.26. The molecule has 108 valence electrons. The molecule has 19 heavy (non-hydrogen) atoms. The van der Waals surface area contributed by atoms with Crippen molar-refractivity contribution in [2.75, 3.05) is 0 Å². The zero-order valence-electron chi connectivity index (χ0n) is 11.0. The minimum absolute atomic E-state index is 0.323. The summed E-state index contributed by atoms with van der Waals surface area (Å²) in [6.07, 6.45) is 2.44. The predicted molar refractivity (Wildman–Crippen MR) is 67.9 cm³/mol. The van der Waals surface area contributed by atoms with Crippen molar-refractivity contribution in [3.05, 3.63) is 0 Å². The van der Waals surface area contributed by atoms with E-state index in [1.54, 1.807) is 0 Å². The molecule has 1 aliphatic carbocycles. The lowest BCUT2D eigenvalue weighted by Crippen LogP contribution is -2.59. The first-order valence-electron chi connectivity index (χ1n) is 6.35. The monoisotopic (exact) mass is 271 g/mol. The molecule has 6 N–H and O–H groups in total. The van der Waals surface area contributed by atoms with Crippen LogP contribution >= 0.6 is 0 Å². The van der Waals surface area contributed by atoms with Gasteiger partial charge in [0.2, 0.25) is 11.8 Å². The van der Waals surface area contributed by atoms with E-state index in [0.717, 1.165) is 12.8 Å². The highest BCUT2D eigenvalue weighted by atomic mass is 16.4. The van der Waals surface area contributed by atoms with Crippen molar-refractivity contribution in [1.82, 2.24) is 5.32 Å². The fraction of sp³-hybridized carbons (Fsp3) is 0.750. The van der Waals surface area contributed by atoms with Crippen LogP contribution in [0.4, 0.5) is 0 Å². The van der Waals surface area contributed by atoms with Gasteiger partial charge < -0.3 is 21.9 Å². The van der Waals surface area contributed by atoms with Crippen molar-refractivity contribution < 1.29 is 19.5 Å². The summed E-state index contributed by atoms with van der Waals surface area (Å²) < 4.78 is 0. The Morgan fingerprint density at radius 1 is 1.47 bits per heavy atom. The molecule has 0 aromatic rings. The van der Waals surface area contributed by atoms with Crippen molar-refractivity contribution in [2.24, 2.45) is 17.4 Å². The fourth-order valence-electron chi connectivity index (χ4n) is 2.50. The molecule has 1 fully saturated rings. The maximum absolute atomic E-state index is 12.1. The molecule has 0 saturated heterocycles. The number of amides is 2. The molecular weight excluding hydrogens is 250 g/mol. The van der Waals surface area contributed by atoms with Gasteiger partial charge in [0.15, 0.2) is 0 Å². The van der Waals surface area contributed by atoms with Gasteiger partial charge in [0.05, 0.1) is 12.0 Å². The van der Waals surface area contributed by atoms with Crippen LogP contribution in [0.3, 0.4) is 0 Å². The minimum Gasteiger partial charge on any atom is -0.480 e. The summed E-state index contributed by atoms with van der Waals surface area (Å²) in [6.45, 7) is 2.01. The molecule has 7 nitrogen and oxygen atoms in total. The number of nitrogens with one attached hydrogen (secondary N) is 1. The Kier molecular flexibility index (Phi) is 4.88. The summed E-state index contributed by atoms with van der Waals surface area (Å²) in [5, 5.41) is 11.3. The van der Waals surface area contributed by atoms with Crippen molar-refractivity contribution in [3.8, 4) is 0 Å². The lowest BCUT2D eigenvalue weighted by atomic mass is 9.76. The van der Waals surface area contributed by atoms with Gasteiger partial charge in [-0.3, -0.25) is 9.59 Å². The first-order chi connectivity index (χ1) is 8.74. The third kappa shape index (κ3) is 4.20. The topological polar surface area (TPSA) is 136 Å². The normalized spacial score (nSPS) is 28.4. The van der Waals surface area contributed by atoms with E-state index in [0.29, 0.717) is 18.8 Å². The summed E-state index contributed by atoms with van der Waals surface area (Å²) in [5.74, 6) is -2.27. The van der Waals surface area contributed by atoms with Gasteiger partial charge in [0.1, 0.15) is 6.04 Å². The molecule has 2 amide bonds. The van der Waals surface area contributed by atoms with Crippen LogP contribution in [0.15, 0.2) is 0 Å². The first-order valence-corrected chi connectivity index (χ1v) is 6.35. The molecule has 7 heteroatoms. The predicted octanol–water partition coefficient (Wildman–Crippen LogP) is -0.661. The average molecular weight is 271 g/mol. The van der Waals surface area contributed by atoms with Crippen LogP contribution < -0.4 is 16.8 Å². The minimum atomic E-state index is -1.32. The van der Waals surface area contributed by atoms with Crippen LogP contribution in [0.1, 0.15) is 39.0 Å². The second-order valence-corrected chi connectivity index (χ2v) is 5.39. The summed E-state index contributed by atoms with van der Waals surface area (Å²) in [5.41, 5.74) is 9.95. The Bertz CT molecular complexity index is 385. The zero-order valence-corrected chi connectivity index (χ0v) is 11.0. The molecule has 0 aromatic carbocycles. The number of carboxylic acids is 1. The number of primary amides is 1. The lowest BCUT2D eigenvalue weighted by Gasteiger charge is -2.36. The smallest absolute Gasteiger partial charge is 0.326 e. The Morgan fingerprint density at radius 3 is 2.58 bits per heavy atom. The second-order valence-electron chi connectivity index (χ2n) is 5.39. The molecular formula is C12H21N3O4. The van der Waals surface area contributed by atoms with E-state index >= 15 is 0 Å². The van der Waals surface area contributed by atoms with Gasteiger partial charge >= 0.3 is 5.97 Å². The molecule has 0 heterocycles. The molecule has 0 bridgehead atoms. The molecule has 0 spiro atoms. The van der Waals surface area contributed by atoms with E-state index in [4.69, 9.17) is 16.6 Å². The second kappa shape index (κ2) is 6.01. The quantitative estimate of drug-likeness (QED) is 0.526. The molecule has 0 aromatic heterocycles. The van der Waals surface area contributed by atoms with E-state index < -0.39 is 35.8 Å². The van der Waals surface area contributed by atoms with Gasteiger partial charge in [0.25, 0.3) is 0 Å². The van der Waals surface area contributed by atoms with Gasteiger partial charge in [-0.05, 0) is 18.8 Å². The third-order valence-electron chi connectivity index (χ3n) is 3.49. The van der Waals surface area contributed by atoms with Crippen LogP contribution in [-0.2, 0) is 14.4 Å². The number of carbonyl (C=O) groups excluding carboxylic acids is 2. The van der Waals surface area contributed by atoms with E-state index in [9.17, 15) is 14.4 Å². The summed E-state index contributed by atoms with van der Waals surface area (Å²) in [7, 11) is 0. The Hall–Kier alpha value is -1.63. The van der Waals surface area contributed by atoms with Gasteiger partial charge in [-0.1, -0.05) is 19.8 Å². The van der Waals surface area contributed by atoms with Crippen molar-refractivity contribution in [2.45, 2.75) is 50.6 Å². The highest BCUT2D eigenvalue weighted by molar-refractivity contribution is 5.92. The SMILES string of the molecule is CC1CCCC(N)(C(=O)NC(CC(N)=O)C(=O)O)C1. The van der Waals surface area contributed by atoms with Gasteiger partial charge in [-0.25, -0.2) is 4.79 Å². The Morgan fingerprint density at radius 2 is 2.11 bits per heavy atom. The number of hydrogen-bond acceptors (Lipinski definition) is 4. The highest BCUT2D eigenvalue weighted by Crippen LogP contribution is 2.30. The maximum Gasteiger partial charge on any atom is 0.326 e. The number of carbonyl (C=O) groups is 3. The van der Waals surface area contributed by atoms with Gasteiger partial charge in [0, 0.05) is 0 Å². The number of rotatable bonds is 5. The molecule has 1 saturated carbocycles. The largest absolute Gasteiger partial charge is 0.480 e. The number of carboxylic acid groups (broad SMARTS) is 1. The molecule has 0 radical (unpaired) electrons. The Labute approximate surface area is 111 Å².